The van der Waals surface area contributed by atoms with E-state index >= 15 is 0 Å². The first kappa shape index (κ1) is 12.2. The lowest BCUT2D eigenvalue weighted by molar-refractivity contribution is 0.396. The standard InChI is InChI=1S/C13H13FN2O2/c1-17-12-5-8(3-4-11(12)15)9-6-13(18-2)16-7-10(9)14/h3-7H,15H2,1-2H3. The van der Waals surface area contributed by atoms with Crippen LogP contribution >= 0.6 is 0 Å². The number of hydrogen-bond acceptors (Lipinski definition) is 4. The second-order valence-corrected chi connectivity index (χ2v) is 3.66. The fourth-order valence-corrected chi connectivity index (χ4v) is 1.63. The summed E-state index contributed by atoms with van der Waals surface area (Å²) in [4.78, 5) is 3.79. The molecule has 18 heavy (non-hydrogen) atoms. The summed E-state index contributed by atoms with van der Waals surface area (Å²) in [7, 11) is 2.99. The molecule has 94 valence electrons. The number of ether oxygens (including phenoxy) is 2. The number of nitrogen functional groups attached to an aromatic ring is 1. The van der Waals surface area contributed by atoms with Crippen molar-refractivity contribution in [3.05, 3.63) is 36.3 Å². The summed E-state index contributed by atoms with van der Waals surface area (Å²) in [5, 5.41) is 0. The second-order valence-electron chi connectivity index (χ2n) is 3.66. The summed E-state index contributed by atoms with van der Waals surface area (Å²) >= 11 is 0. The highest BCUT2D eigenvalue weighted by atomic mass is 19.1. The van der Waals surface area contributed by atoms with Gasteiger partial charge in [-0.1, -0.05) is 6.07 Å². The number of anilines is 1. The molecule has 5 heteroatoms. The van der Waals surface area contributed by atoms with Crippen LogP contribution in [0.15, 0.2) is 30.5 Å². The lowest BCUT2D eigenvalue weighted by atomic mass is 10.1. The zero-order valence-corrected chi connectivity index (χ0v) is 10.1. The summed E-state index contributed by atoms with van der Waals surface area (Å²) in [6, 6.07) is 6.59. The minimum atomic E-state index is -0.428. The molecule has 0 aliphatic carbocycles. The van der Waals surface area contributed by atoms with E-state index < -0.39 is 5.82 Å². The summed E-state index contributed by atoms with van der Waals surface area (Å²) in [5.74, 6) is 0.424. The van der Waals surface area contributed by atoms with E-state index in [0.717, 1.165) is 6.20 Å². The number of hydrogen-bond donors (Lipinski definition) is 1. The van der Waals surface area contributed by atoms with Gasteiger partial charge in [-0.15, -0.1) is 0 Å². The van der Waals surface area contributed by atoms with E-state index in [2.05, 4.69) is 4.98 Å². The summed E-state index contributed by atoms with van der Waals surface area (Å²) in [6.07, 6.45) is 1.12. The van der Waals surface area contributed by atoms with Crippen LogP contribution in [-0.2, 0) is 0 Å². The van der Waals surface area contributed by atoms with Crippen molar-refractivity contribution in [2.75, 3.05) is 20.0 Å². The minimum absolute atomic E-state index is 0.349. The van der Waals surface area contributed by atoms with Crippen LogP contribution in [-0.4, -0.2) is 19.2 Å². The van der Waals surface area contributed by atoms with Gasteiger partial charge in [0.15, 0.2) is 0 Å². The Kier molecular flexibility index (Phi) is 3.32. The molecule has 0 radical (unpaired) electrons. The van der Waals surface area contributed by atoms with Crippen molar-refractivity contribution in [1.29, 1.82) is 0 Å². The average Bonchev–Trinajstić information content (AvgIpc) is 2.40. The summed E-state index contributed by atoms with van der Waals surface area (Å²) in [5.41, 5.74) is 7.26. The monoisotopic (exact) mass is 248 g/mol. The molecule has 1 heterocycles. The van der Waals surface area contributed by atoms with Gasteiger partial charge >= 0.3 is 0 Å². The van der Waals surface area contributed by atoms with Crippen LogP contribution in [0.2, 0.25) is 0 Å². The van der Waals surface area contributed by atoms with Crippen molar-refractivity contribution in [3.63, 3.8) is 0 Å². The van der Waals surface area contributed by atoms with E-state index in [4.69, 9.17) is 15.2 Å². The number of pyridine rings is 1. The summed E-state index contributed by atoms with van der Waals surface area (Å²) in [6.45, 7) is 0. The number of methoxy groups -OCH3 is 2. The molecule has 0 fully saturated rings. The number of benzene rings is 1. The van der Waals surface area contributed by atoms with Gasteiger partial charge in [0.25, 0.3) is 0 Å². The Balaban J connectivity index is 2.54. The van der Waals surface area contributed by atoms with Crippen LogP contribution in [0.1, 0.15) is 0 Å². The highest BCUT2D eigenvalue weighted by Gasteiger charge is 2.10. The van der Waals surface area contributed by atoms with Crippen molar-refractivity contribution in [2.24, 2.45) is 0 Å². The molecule has 0 atom stereocenters. The molecular weight excluding hydrogens is 235 g/mol. The van der Waals surface area contributed by atoms with Gasteiger partial charge in [0.05, 0.1) is 26.1 Å². The fraction of sp³-hybridized carbons (Fsp3) is 0.154. The predicted molar refractivity (Wildman–Crippen MR) is 67.1 cm³/mol. The van der Waals surface area contributed by atoms with Gasteiger partial charge in [0, 0.05) is 11.6 Å². The topological polar surface area (TPSA) is 57.4 Å². The fourth-order valence-electron chi connectivity index (χ4n) is 1.63. The van der Waals surface area contributed by atoms with Crippen molar-refractivity contribution < 1.29 is 13.9 Å². The lowest BCUT2D eigenvalue weighted by Crippen LogP contribution is -1.95. The van der Waals surface area contributed by atoms with Crippen molar-refractivity contribution >= 4 is 5.69 Å². The predicted octanol–water partition coefficient (Wildman–Crippen LogP) is 2.49. The second kappa shape index (κ2) is 4.91. The quantitative estimate of drug-likeness (QED) is 0.848. The van der Waals surface area contributed by atoms with Crippen LogP contribution in [0.4, 0.5) is 10.1 Å². The van der Waals surface area contributed by atoms with Crippen molar-refractivity contribution in [1.82, 2.24) is 4.98 Å². The molecule has 0 spiro atoms. The first-order valence-corrected chi connectivity index (χ1v) is 5.29. The van der Waals surface area contributed by atoms with Crippen LogP contribution in [0.5, 0.6) is 11.6 Å². The largest absolute Gasteiger partial charge is 0.495 e. The molecule has 2 rings (SSSR count). The Hall–Kier alpha value is -2.30. The molecule has 0 saturated carbocycles. The Labute approximate surface area is 104 Å². The first-order valence-electron chi connectivity index (χ1n) is 5.29. The van der Waals surface area contributed by atoms with Crippen LogP contribution in [0.25, 0.3) is 11.1 Å². The maximum Gasteiger partial charge on any atom is 0.213 e. The molecule has 2 aromatic rings. The highest BCUT2D eigenvalue weighted by molar-refractivity contribution is 5.70. The Morgan fingerprint density at radius 2 is 1.94 bits per heavy atom. The number of nitrogens with zero attached hydrogens (tertiary/aromatic N) is 1. The first-order chi connectivity index (χ1) is 8.65. The summed E-state index contributed by atoms with van der Waals surface area (Å²) < 4.78 is 23.8. The molecule has 1 aromatic heterocycles. The van der Waals surface area contributed by atoms with Crippen LogP contribution < -0.4 is 15.2 Å². The smallest absolute Gasteiger partial charge is 0.213 e. The van der Waals surface area contributed by atoms with Crippen molar-refractivity contribution in [2.45, 2.75) is 0 Å². The average molecular weight is 248 g/mol. The van der Waals surface area contributed by atoms with E-state index in [-0.39, 0.29) is 0 Å². The molecule has 4 nitrogen and oxygen atoms in total. The Morgan fingerprint density at radius 3 is 2.61 bits per heavy atom. The third-order valence-corrected chi connectivity index (χ3v) is 2.58. The Bertz CT molecular complexity index is 573. The van der Waals surface area contributed by atoms with E-state index in [1.54, 1.807) is 18.2 Å². The third-order valence-electron chi connectivity index (χ3n) is 2.58. The maximum atomic E-state index is 13.7. The van der Waals surface area contributed by atoms with E-state index in [0.29, 0.717) is 28.4 Å². The van der Waals surface area contributed by atoms with Gasteiger partial charge in [-0.25, -0.2) is 9.37 Å². The molecule has 0 aliphatic rings. The van der Waals surface area contributed by atoms with Gasteiger partial charge in [0.2, 0.25) is 5.88 Å². The van der Waals surface area contributed by atoms with Gasteiger partial charge < -0.3 is 15.2 Å². The molecule has 0 amide bonds. The van der Waals surface area contributed by atoms with Gasteiger partial charge in [-0.2, -0.15) is 0 Å². The van der Waals surface area contributed by atoms with Crippen LogP contribution in [0, 0.1) is 5.82 Å². The molecule has 0 unspecified atom stereocenters. The SMILES string of the molecule is COc1cc(-c2ccc(N)c(OC)c2)c(F)cn1. The van der Waals surface area contributed by atoms with Gasteiger partial charge in [0.1, 0.15) is 11.6 Å². The van der Waals surface area contributed by atoms with Crippen LogP contribution in [0.3, 0.4) is 0 Å². The number of aromatic nitrogens is 1. The van der Waals surface area contributed by atoms with E-state index in [1.165, 1.54) is 20.3 Å². The van der Waals surface area contributed by atoms with Gasteiger partial charge in [-0.05, 0) is 17.7 Å². The lowest BCUT2D eigenvalue weighted by Gasteiger charge is -2.09. The normalized spacial score (nSPS) is 10.2. The minimum Gasteiger partial charge on any atom is -0.495 e. The molecule has 0 bridgehead atoms. The highest BCUT2D eigenvalue weighted by Crippen LogP contribution is 2.31. The maximum absolute atomic E-state index is 13.7. The molecule has 2 N–H and O–H groups in total. The molecule has 1 aromatic carbocycles. The molecule has 0 aliphatic heterocycles. The number of halogens is 1. The zero-order chi connectivity index (χ0) is 13.1. The Morgan fingerprint density at radius 1 is 1.17 bits per heavy atom. The number of nitrogens with two attached hydrogens (primary N) is 1. The van der Waals surface area contributed by atoms with Gasteiger partial charge in [-0.3, -0.25) is 0 Å². The third kappa shape index (κ3) is 2.20. The van der Waals surface area contributed by atoms with E-state index in [9.17, 15) is 4.39 Å². The van der Waals surface area contributed by atoms with E-state index in [1.807, 2.05) is 0 Å². The number of rotatable bonds is 3. The molecular formula is C13H13FN2O2. The van der Waals surface area contributed by atoms with Crippen molar-refractivity contribution in [3.8, 4) is 22.8 Å². The molecule has 0 saturated heterocycles. The zero-order valence-electron chi connectivity index (χ0n) is 10.1.